The number of amides is 3. The predicted octanol–water partition coefficient (Wildman–Crippen LogP) is 6.51. The number of hydrogen-bond acceptors (Lipinski definition) is 4. The quantitative estimate of drug-likeness (QED) is 0.361. The summed E-state index contributed by atoms with van der Waals surface area (Å²) >= 11 is 12.3. The SMILES string of the molecule is CCOc1cc(C(F)(F)F)ccc1C1=N[C@@H](c2ccc(Cl)cc2)[C@@H](c2ccc(Cl)cc2)N1C(=O)N1CCNC(=O)C1. The molecule has 1 fully saturated rings. The third kappa shape index (κ3) is 5.99. The zero-order chi connectivity index (χ0) is 29.3. The molecule has 0 spiro atoms. The van der Waals surface area contributed by atoms with Crippen LogP contribution in [0.4, 0.5) is 18.0 Å². The van der Waals surface area contributed by atoms with Gasteiger partial charge in [-0.25, -0.2) is 4.79 Å². The molecule has 2 aliphatic rings. The molecule has 0 bridgehead atoms. The smallest absolute Gasteiger partial charge is 0.416 e. The van der Waals surface area contributed by atoms with Crippen molar-refractivity contribution < 1.29 is 27.5 Å². The fourth-order valence-electron chi connectivity index (χ4n) is 4.97. The van der Waals surface area contributed by atoms with Crippen LogP contribution in [0.25, 0.3) is 0 Å². The molecule has 3 amide bonds. The van der Waals surface area contributed by atoms with Gasteiger partial charge in [0.05, 0.1) is 23.8 Å². The van der Waals surface area contributed by atoms with Gasteiger partial charge in [-0.2, -0.15) is 13.2 Å². The Morgan fingerprint density at radius 1 is 1.02 bits per heavy atom. The Kier molecular flexibility index (Phi) is 8.15. The lowest BCUT2D eigenvalue weighted by atomic mass is 9.93. The highest BCUT2D eigenvalue weighted by Crippen LogP contribution is 2.46. The number of urea groups is 1. The van der Waals surface area contributed by atoms with E-state index in [2.05, 4.69) is 5.32 Å². The average Bonchev–Trinajstić information content (AvgIpc) is 3.33. The molecule has 0 aromatic heterocycles. The number of carbonyl (C=O) groups is 2. The van der Waals surface area contributed by atoms with Crippen molar-refractivity contribution in [1.82, 2.24) is 15.1 Å². The number of nitrogens with one attached hydrogen (secondary N) is 1. The fraction of sp³-hybridized carbons (Fsp3) is 0.276. The maximum absolute atomic E-state index is 14.2. The van der Waals surface area contributed by atoms with Crippen LogP contribution in [-0.4, -0.2) is 53.8 Å². The number of halogens is 5. The number of amidine groups is 1. The van der Waals surface area contributed by atoms with E-state index in [1.54, 1.807) is 55.5 Å². The van der Waals surface area contributed by atoms with Crippen LogP contribution in [0.2, 0.25) is 10.0 Å². The highest BCUT2D eigenvalue weighted by molar-refractivity contribution is 6.30. The van der Waals surface area contributed by atoms with Gasteiger partial charge in [0, 0.05) is 23.1 Å². The first-order valence-corrected chi connectivity index (χ1v) is 13.6. The normalized spacial score (nSPS) is 19.2. The molecule has 2 aliphatic heterocycles. The van der Waals surface area contributed by atoms with Gasteiger partial charge in [-0.15, -0.1) is 0 Å². The largest absolute Gasteiger partial charge is 0.493 e. The number of ether oxygens (including phenoxy) is 1. The number of alkyl halides is 3. The highest BCUT2D eigenvalue weighted by Gasteiger charge is 2.45. The maximum Gasteiger partial charge on any atom is 0.416 e. The van der Waals surface area contributed by atoms with Crippen molar-refractivity contribution in [1.29, 1.82) is 0 Å². The second-order valence-electron chi connectivity index (χ2n) is 9.51. The van der Waals surface area contributed by atoms with Crippen LogP contribution in [0.3, 0.4) is 0 Å². The monoisotopic (exact) mass is 604 g/mol. The molecule has 0 unspecified atom stereocenters. The van der Waals surface area contributed by atoms with E-state index in [4.69, 9.17) is 32.9 Å². The van der Waals surface area contributed by atoms with Crippen LogP contribution in [0.15, 0.2) is 71.7 Å². The molecule has 2 heterocycles. The molecule has 5 rings (SSSR count). The van der Waals surface area contributed by atoms with E-state index in [-0.39, 0.29) is 49.3 Å². The molecule has 12 heteroatoms. The first-order chi connectivity index (χ1) is 19.6. The summed E-state index contributed by atoms with van der Waals surface area (Å²) in [7, 11) is 0. The Hall–Kier alpha value is -3.76. The molecule has 1 N–H and O–H groups in total. The zero-order valence-corrected chi connectivity index (χ0v) is 23.3. The van der Waals surface area contributed by atoms with E-state index >= 15 is 0 Å². The lowest BCUT2D eigenvalue weighted by Crippen LogP contribution is -2.55. The van der Waals surface area contributed by atoms with Gasteiger partial charge in [0.2, 0.25) is 5.91 Å². The van der Waals surface area contributed by atoms with Crippen molar-refractivity contribution in [2.24, 2.45) is 4.99 Å². The Morgan fingerprint density at radius 2 is 1.66 bits per heavy atom. The number of hydrogen-bond donors (Lipinski definition) is 1. The minimum Gasteiger partial charge on any atom is -0.493 e. The standard InChI is InChI=1S/C29H25Cl2F3N4O3/c1-2-41-23-15-19(29(32,33)34)7-12-22(23)27-36-25(17-3-8-20(30)9-4-17)26(18-5-10-21(31)11-6-18)38(27)28(40)37-14-13-35-24(39)16-37/h3-12,15,25-26H,2,13-14,16H2,1H3,(H,35,39)/t25-,26+/m0/s1. The summed E-state index contributed by atoms with van der Waals surface area (Å²) in [6.07, 6.45) is -4.60. The maximum atomic E-state index is 14.2. The van der Waals surface area contributed by atoms with Gasteiger partial charge in [0.1, 0.15) is 24.2 Å². The second kappa shape index (κ2) is 11.6. The van der Waals surface area contributed by atoms with Gasteiger partial charge < -0.3 is 15.0 Å². The summed E-state index contributed by atoms with van der Waals surface area (Å²) in [4.78, 5) is 34.2. The lowest BCUT2D eigenvalue weighted by molar-refractivity contribution is -0.137. The van der Waals surface area contributed by atoms with Crippen LogP contribution >= 0.6 is 23.2 Å². The van der Waals surface area contributed by atoms with Gasteiger partial charge >= 0.3 is 12.2 Å². The minimum atomic E-state index is -4.60. The number of aliphatic imine (C=N–C) groups is 1. The predicted molar refractivity (Wildman–Crippen MR) is 149 cm³/mol. The van der Waals surface area contributed by atoms with Gasteiger partial charge in [-0.05, 0) is 60.5 Å². The molecule has 0 saturated carbocycles. The number of nitrogens with zero attached hydrogens (tertiary/aromatic N) is 3. The molecule has 1 saturated heterocycles. The van der Waals surface area contributed by atoms with Crippen molar-refractivity contribution in [3.63, 3.8) is 0 Å². The van der Waals surface area contributed by atoms with Crippen LogP contribution in [0.5, 0.6) is 5.75 Å². The fourth-order valence-corrected chi connectivity index (χ4v) is 5.22. The summed E-state index contributed by atoms with van der Waals surface area (Å²) in [5.41, 5.74) is 0.735. The summed E-state index contributed by atoms with van der Waals surface area (Å²) in [6, 6.07) is 15.1. The number of rotatable bonds is 5. The first kappa shape index (κ1) is 28.8. The first-order valence-electron chi connectivity index (χ1n) is 12.8. The van der Waals surface area contributed by atoms with Crippen molar-refractivity contribution in [3.05, 3.63) is 99.0 Å². The number of piperazine rings is 1. The Morgan fingerprint density at radius 3 is 2.24 bits per heavy atom. The topological polar surface area (TPSA) is 74.2 Å². The molecule has 7 nitrogen and oxygen atoms in total. The van der Waals surface area contributed by atoms with Crippen LogP contribution in [0, 0.1) is 0 Å². The zero-order valence-electron chi connectivity index (χ0n) is 21.8. The Balaban J connectivity index is 1.71. The van der Waals surface area contributed by atoms with E-state index in [9.17, 15) is 22.8 Å². The van der Waals surface area contributed by atoms with Crippen LogP contribution in [0.1, 0.15) is 41.3 Å². The number of benzene rings is 3. The van der Waals surface area contributed by atoms with Gasteiger partial charge in [-0.1, -0.05) is 47.5 Å². The molecule has 41 heavy (non-hydrogen) atoms. The van der Waals surface area contributed by atoms with E-state index in [0.29, 0.717) is 15.6 Å². The van der Waals surface area contributed by atoms with E-state index in [0.717, 1.165) is 17.7 Å². The third-order valence-electron chi connectivity index (χ3n) is 6.85. The molecule has 0 aliphatic carbocycles. The summed E-state index contributed by atoms with van der Waals surface area (Å²) in [5.74, 6) is -0.260. The van der Waals surface area contributed by atoms with Crippen LogP contribution < -0.4 is 10.1 Å². The highest BCUT2D eigenvalue weighted by atomic mass is 35.5. The molecule has 2 atom stereocenters. The van der Waals surface area contributed by atoms with Crippen molar-refractivity contribution in [2.75, 3.05) is 26.2 Å². The summed E-state index contributed by atoms with van der Waals surface area (Å²) < 4.78 is 46.5. The molecule has 214 valence electrons. The van der Waals surface area contributed by atoms with E-state index in [1.165, 1.54) is 15.9 Å². The van der Waals surface area contributed by atoms with E-state index in [1.807, 2.05) is 0 Å². The average molecular weight is 605 g/mol. The molecule has 0 radical (unpaired) electrons. The molecular formula is C29H25Cl2F3N4O3. The van der Waals surface area contributed by atoms with Crippen molar-refractivity contribution in [3.8, 4) is 5.75 Å². The molecule has 3 aromatic rings. The van der Waals surface area contributed by atoms with Gasteiger partial charge in [-0.3, -0.25) is 14.7 Å². The summed E-state index contributed by atoms with van der Waals surface area (Å²) in [5, 5.41) is 3.70. The van der Waals surface area contributed by atoms with E-state index < -0.39 is 29.9 Å². The van der Waals surface area contributed by atoms with Gasteiger partial charge in [0.25, 0.3) is 0 Å². The third-order valence-corrected chi connectivity index (χ3v) is 7.36. The van der Waals surface area contributed by atoms with Crippen LogP contribution in [-0.2, 0) is 11.0 Å². The second-order valence-corrected chi connectivity index (χ2v) is 10.4. The Labute approximate surface area is 244 Å². The molecule has 3 aromatic carbocycles. The lowest BCUT2D eigenvalue weighted by Gasteiger charge is -2.35. The van der Waals surface area contributed by atoms with Crippen molar-refractivity contribution >= 4 is 41.0 Å². The summed E-state index contributed by atoms with van der Waals surface area (Å²) in [6.45, 7) is 2.08. The van der Waals surface area contributed by atoms with Gasteiger partial charge in [0.15, 0.2) is 0 Å². The minimum absolute atomic E-state index is 0.0677. The van der Waals surface area contributed by atoms with Crippen molar-refractivity contribution in [2.45, 2.75) is 25.2 Å². The molecular weight excluding hydrogens is 580 g/mol. The Bertz CT molecular complexity index is 1480. The number of carbonyl (C=O) groups excluding carboxylic acids is 2.